The third-order valence-electron chi connectivity index (χ3n) is 6.83. The highest BCUT2D eigenvalue weighted by atomic mass is 16.7. The van der Waals surface area contributed by atoms with Gasteiger partial charge in [0.15, 0.2) is 0 Å². The van der Waals surface area contributed by atoms with Gasteiger partial charge in [-0.15, -0.1) is 0 Å². The summed E-state index contributed by atoms with van der Waals surface area (Å²) in [6.07, 6.45) is 2.23. The molecule has 0 spiro atoms. The van der Waals surface area contributed by atoms with Crippen LogP contribution < -0.4 is 10.2 Å². The molecule has 0 aliphatic carbocycles. The van der Waals surface area contributed by atoms with Crippen molar-refractivity contribution >= 4 is 24.2 Å². The minimum Gasteiger partial charge on any atom is -0.492 e. The average Bonchev–Trinajstić information content (AvgIpc) is 3.05. The normalized spacial score (nSPS) is 17.1. The summed E-state index contributed by atoms with van der Waals surface area (Å²) in [5.41, 5.74) is 4.89. The highest BCUT2D eigenvalue weighted by Crippen LogP contribution is 2.36. The van der Waals surface area contributed by atoms with Gasteiger partial charge in [-0.2, -0.15) is 0 Å². The van der Waals surface area contributed by atoms with Crippen LogP contribution in [0.15, 0.2) is 78.9 Å². The van der Waals surface area contributed by atoms with Crippen LogP contribution in [0.1, 0.15) is 44.4 Å². The van der Waals surface area contributed by atoms with E-state index in [1.807, 2.05) is 32.3 Å². The van der Waals surface area contributed by atoms with E-state index in [4.69, 9.17) is 14.0 Å². The van der Waals surface area contributed by atoms with Crippen molar-refractivity contribution in [3.63, 3.8) is 0 Å². The van der Waals surface area contributed by atoms with E-state index in [2.05, 4.69) is 99.3 Å². The third-order valence-corrected chi connectivity index (χ3v) is 6.83. The van der Waals surface area contributed by atoms with E-state index in [1.165, 1.54) is 0 Å². The van der Waals surface area contributed by atoms with Crippen LogP contribution in [0.3, 0.4) is 0 Å². The number of benzene rings is 3. The Morgan fingerprint density at radius 3 is 1.89 bits per heavy atom. The van der Waals surface area contributed by atoms with Gasteiger partial charge < -0.3 is 18.9 Å². The summed E-state index contributed by atoms with van der Waals surface area (Å²) < 4.78 is 18.4. The van der Waals surface area contributed by atoms with Crippen molar-refractivity contribution in [1.82, 2.24) is 4.90 Å². The lowest BCUT2D eigenvalue weighted by Crippen LogP contribution is -2.41. The van der Waals surface area contributed by atoms with Crippen LogP contribution >= 0.6 is 0 Å². The highest BCUT2D eigenvalue weighted by Gasteiger charge is 2.51. The smallest absolute Gasteiger partial charge is 0.492 e. The van der Waals surface area contributed by atoms with Gasteiger partial charge in [0.05, 0.1) is 11.2 Å². The Hall–Kier alpha value is -2.86. The first-order valence-electron chi connectivity index (χ1n) is 12.3. The zero-order valence-corrected chi connectivity index (χ0v) is 21.7. The molecule has 0 bridgehead atoms. The van der Waals surface area contributed by atoms with Gasteiger partial charge in [-0.05, 0) is 87.7 Å². The van der Waals surface area contributed by atoms with E-state index in [0.29, 0.717) is 6.61 Å². The van der Waals surface area contributed by atoms with E-state index in [9.17, 15) is 0 Å². The van der Waals surface area contributed by atoms with Gasteiger partial charge in [0.2, 0.25) is 0 Å². The standard InChI is InChI=1S/C30H36BNO3/c1-29(2)30(3,4)35-31(34-29)26-16-12-24(13-17-26)28(22-23-10-8-7-9-11-23)25-14-18-27(19-15-25)33-21-20-32(5)6/h7-19,22H,20-21H2,1-6H3. The molecule has 0 N–H and O–H groups in total. The van der Waals surface area contributed by atoms with Crippen molar-refractivity contribution in [2.45, 2.75) is 38.9 Å². The van der Waals surface area contributed by atoms with Crippen LogP contribution in [0.4, 0.5) is 0 Å². The van der Waals surface area contributed by atoms with Crippen molar-refractivity contribution in [2.75, 3.05) is 27.2 Å². The van der Waals surface area contributed by atoms with Crippen molar-refractivity contribution in [3.8, 4) is 5.75 Å². The van der Waals surface area contributed by atoms with Crippen LogP contribution in [0.5, 0.6) is 5.75 Å². The molecule has 0 saturated carbocycles. The average molecular weight is 469 g/mol. The summed E-state index contributed by atoms with van der Waals surface area (Å²) in [5.74, 6) is 0.880. The number of nitrogens with zero attached hydrogens (tertiary/aromatic N) is 1. The molecule has 1 heterocycles. The lowest BCUT2D eigenvalue weighted by atomic mass is 9.78. The Morgan fingerprint density at radius 1 is 0.800 bits per heavy atom. The second-order valence-corrected chi connectivity index (χ2v) is 10.4. The van der Waals surface area contributed by atoms with E-state index < -0.39 is 0 Å². The zero-order chi connectivity index (χ0) is 25.1. The Balaban J connectivity index is 1.60. The monoisotopic (exact) mass is 469 g/mol. The molecule has 4 rings (SSSR count). The Morgan fingerprint density at radius 2 is 1.34 bits per heavy atom. The van der Waals surface area contributed by atoms with E-state index in [-0.39, 0.29) is 18.3 Å². The Kier molecular flexibility index (Phi) is 7.51. The fourth-order valence-electron chi connectivity index (χ4n) is 3.93. The van der Waals surface area contributed by atoms with Crippen LogP contribution in [-0.2, 0) is 9.31 Å². The molecule has 3 aromatic rings. The molecule has 35 heavy (non-hydrogen) atoms. The number of hydrogen-bond acceptors (Lipinski definition) is 4. The first-order valence-corrected chi connectivity index (χ1v) is 12.3. The predicted octanol–water partition coefficient (Wildman–Crippen LogP) is 5.52. The number of ether oxygens (including phenoxy) is 1. The number of rotatable bonds is 8. The molecular weight excluding hydrogens is 433 g/mol. The summed E-state index contributed by atoms with van der Waals surface area (Å²) in [4.78, 5) is 2.11. The van der Waals surface area contributed by atoms with Crippen molar-refractivity contribution < 1.29 is 14.0 Å². The molecule has 3 aromatic carbocycles. The predicted molar refractivity (Wildman–Crippen MR) is 146 cm³/mol. The first kappa shape index (κ1) is 25.2. The van der Waals surface area contributed by atoms with Crippen LogP contribution in [0, 0.1) is 0 Å². The molecule has 0 unspecified atom stereocenters. The van der Waals surface area contributed by atoms with Gasteiger partial charge in [-0.1, -0.05) is 66.7 Å². The second kappa shape index (κ2) is 10.4. The largest absolute Gasteiger partial charge is 0.494 e. The molecule has 1 fully saturated rings. The molecular formula is C30H36BNO3. The summed E-state index contributed by atoms with van der Waals surface area (Å²) in [5, 5.41) is 0. The fourth-order valence-corrected chi connectivity index (χ4v) is 3.93. The molecule has 0 radical (unpaired) electrons. The minimum atomic E-state index is -0.366. The van der Waals surface area contributed by atoms with Gasteiger partial charge in [0.1, 0.15) is 12.4 Å². The number of likely N-dealkylation sites (N-methyl/N-ethyl adjacent to an activating group) is 1. The second-order valence-electron chi connectivity index (χ2n) is 10.4. The van der Waals surface area contributed by atoms with E-state index in [0.717, 1.165) is 40.0 Å². The molecule has 182 valence electrons. The third kappa shape index (κ3) is 6.05. The Bertz CT molecular complexity index is 1120. The molecule has 0 amide bonds. The SMILES string of the molecule is CN(C)CCOc1ccc(C(=Cc2ccccc2)c2ccc(B3OC(C)(C)C(C)(C)O3)cc2)cc1. The molecule has 4 nitrogen and oxygen atoms in total. The quantitative estimate of drug-likeness (QED) is 0.321. The van der Waals surface area contributed by atoms with Gasteiger partial charge in [0, 0.05) is 6.54 Å². The lowest BCUT2D eigenvalue weighted by molar-refractivity contribution is 0.00578. The molecule has 1 aliphatic rings. The Labute approximate surface area is 210 Å². The molecule has 1 aliphatic heterocycles. The zero-order valence-electron chi connectivity index (χ0n) is 21.7. The minimum absolute atomic E-state index is 0.356. The number of hydrogen-bond donors (Lipinski definition) is 0. The van der Waals surface area contributed by atoms with Crippen molar-refractivity contribution in [2.24, 2.45) is 0 Å². The van der Waals surface area contributed by atoms with Gasteiger partial charge >= 0.3 is 7.12 Å². The topological polar surface area (TPSA) is 30.9 Å². The fraction of sp³-hybridized carbons (Fsp3) is 0.333. The summed E-state index contributed by atoms with van der Waals surface area (Å²) in [7, 11) is 3.73. The highest BCUT2D eigenvalue weighted by molar-refractivity contribution is 6.62. The lowest BCUT2D eigenvalue weighted by Gasteiger charge is -2.32. The van der Waals surface area contributed by atoms with Crippen LogP contribution in [0.25, 0.3) is 11.6 Å². The summed E-state index contributed by atoms with van der Waals surface area (Å²) in [6.45, 7) is 9.87. The van der Waals surface area contributed by atoms with Crippen LogP contribution in [-0.4, -0.2) is 50.5 Å². The molecule has 1 saturated heterocycles. The maximum Gasteiger partial charge on any atom is 0.494 e. The van der Waals surface area contributed by atoms with Gasteiger partial charge in [-0.25, -0.2) is 0 Å². The van der Waals surface area contributed by atoms with Crippen molar-refractivity contribution in [3.05, 3.63) is 95.6 Å². The summed E-state index contributed by atoms with van der Waals surface area (Å²) >= 11 is 0. The molecule has 5 heteroatoms. The van der Waals surface area contributed by atoms with Crippen LogP contribution in [0.2, 0.25) is 0 Å². The first-order chi connectivity index (χ1) is 16.6. The van der Waals surface area contributed by atoms with Gasteiger partial charge in [-0.3, -0.25) is 0 Å². The van der Waals surface area contributed by atoms with E-state index >= 15 is 0 Å². The molecule has 0 aromatic heterocycles. The maximum absolute atomic E-state index is 6.24. The molecule has 0 atom stereocenters. The van der Waals surface area contributed by atoms with Crippen molar-refractivity contribution in [1.29, 1.82) is 0 Å². The maximum atomic E-state index is 6.24. The summed E-state index contributed by atoms with van der Waals surface area (Å²) in [6, 6.07) is 27.3. The van der Waals surface area contributed by atoms with E-state index in [1.54, 1.807) is 0 Å². The van der Waals surface area contributed by atoms with Gasteiger partial charge in [0.25, 0.3) is 0 Å².